The van der Waals surface area contributed by atoms with Gasteiger partial charge in [-0.1, -0.05) is 24.4 Å². The second-order valence-corrected chi connectivity index (χ2v) is 5.53. The molecule has 0 saturated heterocycles. The minimum Gasteiger partial charge on any atom is -0.384 e. The highest BCUT2D eigenvalue weighted by atomic mass is 35.5. The van der Waals surface area contributed by atoms with Crippen molar-refractivity contribution in [3.63, 3.8) is 0 Å². The predicted molar refractivity (Wildman–Crippen MR) is 81.5 cm³/mol. The molecule has 0 saturated carbocycles. The molecule has 1 aromatic rings. The summed E-state index contributed by atoms with van der Waals surface area (Å²) in [5, 5.41) is 12.7. The van der Waals surface area contributed by atoms with Crippen LogP contribution in [0.15, 0.2) is 18.2 Å². The molecule has 1 rings (SSSR count). The van der Waals surface area contributed by atoms with Gasteiger partial charge in [-0.15, -0.1) is 0 Å². The Labute approximate surface area is 119 Å². The lowest BCUT2D eigenvalue weighted by atomic mass is 10.2. The second kappa shape index (κ2) is 9.13. The molecule has 0 fully saturated rings. The fourth-order valence-electron chi connectivity index (χ4n) is 1.68. The van der Waals surface area contributed by atoms with Crippen molar-refractivity contribution in [2.75, 3.05) is 23.9 Å². The summed E-state index contributed by atoms with van der Waals surface area (Å²) in [6, 6.07) is 7.43. The number of unbranched alkanes of at least 4 members (excludes halogenated alkanes) is 3. The standard InChI is InChI=1S/C14H19ClN2S/c1-18-9-5-3-2-4-8-17-14-7-6-12(11-16)10-13(14)15/h6-7,10,17H,2-5,8-9H2,1H3. The molecule has 0 atom stereocenters. The lowest BCUT2D eigenvalue weighted by molar-refractivity contribution is 0.689. The van der Waals surface area contributed by atoms with Crippen molar-refractivity contribution in [3.05, 3.63) is 28.8 Å². The van der Waals surface area contributed by atoms with Gasteiger partial charge in [0.1, 0.15) is 0 Å². The van der Waals surface area contributed by atoms with Crippen molar-refractivity contribution in [3.8, 4) is 6.07 Å². The third-order valence-electron chi connectivity index (χ3n) is 2.69. The van der Waals surface area contributed by atoms with Gasteiger partial charge in [0.2, 0.25) is 0 Å². The van der Waals surface area contributed by atoms with Gasteiger partial charge in [-0.25, -0.2) is 0 Å². The van der Waals surface area contributed by atoms with Crippen LogP contribution in [0, 0.1) is 11.3 Å². The van der Waals surface area contributed by atoms with Crippen LogP contribution in [-0.2, 0) is 0 Å². The molecule has 0 unspecified atom stereocenters. The number of anilines is 1. The molecule has 4 heteroatoms. The van der Waals surface area contributed by atoms with E-state index in [1.807, 2.05) is 17.8 Å². The molecule has 18 heavy (non-hydrogen) atoms. The summed E-state index contributed by atoms with van der Waals surface area (Å²) in [5.41, 5.74) is 1.52. The van der Waals surface area contributed by atoms with Crippen LogP contribution in [0.2, 0.25) is 5.02 Å². The van der Waals surface area contributed by atoms with E-state index in [0.717, 1.165) is 18.7 Å². The molecule has 98 valence electrons. The Bertz CT molecular complexity index is 401. The van der Waals surface area contributed by atoms with Crippen LogP contribution in [-0.4, -0.2) is 18.6 Å². The summed E-state index contributed by atoms with van der Waals surface area (Å²) >= 11 is 7.98. The van der Waals surface area contributed by atoms with Crippen molar-refractivity contribution in [2.24, 2.45) is 0 Å². The zero-order chi connectivity index (χ0) is 13.2. The van der Waals surface area contributed by atoms with E-state index < -0.39 is 0 Å². The van der Waals surface area contributed by atoms with Gasteiger partial charge in [0.05, 0.1) is 22.3 Å². The predicted octanol–water partition coefficient (Wildman–Crippen LogP) is 4.55. The molecule has 0 heterocycles. The average Bonchev–Trinajstić information content (AvgIpc) is 2.39. The molecule has 2 nitrogen and oxygen atoms in total. The smallest absolute Gasteiger partial charge is 0.0992 e. The number of nitrogens with one attached hydrogen (secondary N) is 1. The molecule has 0 aliphatic carbocycles. The molecule has 0 radical (unpaired) electrons. The van der Waals surface area contributed by atoms with Gasteiger partial charge < -0.3 is 5.32 Å². The molecule has 1 aromatic carbocycles. The highest BCUT2D eigenvalue weighted by molar-refractivity contribution is 7.98. The van der Waals surface area contributed by atoms with Crippen molar-refractivity contribution < 1.29 is 0 Å². The van der Waals surface area contributed by atoms with Crippen molar-refractivity contribution >= 4 is 29.1 Å². The Morgan fingerprint density at radius 2 is 2.06 bits per heavy atom. The first kappa shape index (κ1) is 15.2. The molecular weight excluding hydrogens is 264 g/mol. The summed E-state index contributed by atoms with van der Waals surface area (Å²) in [6.45, 7) is 0.935. The lowest BCUT2D eigenvalue weighted by Gasteiger charge is -2.08. The van der Waals surface area contributed by atoms with Gasteiger partial charge in [0.15, 0.2) is 0 Å². The molecular formula is C14H19ClN2S. The quantitative estimate of drug-likeness (QED) is 0.711. The first-order valence-electron chi connectivity index (χ1n) is 6.20. The van der Waals surface area contributed by atoms with E-state index >= 15 is 0 Å². The number of rotatable bonds is 8. The van der Waals surface area contributed by atoms with E-state index in [1.165, 1.54) is 25.0 Å². The highest BCUT2D eigenvalue weighted by Gasteiger charge is 2.00. The maximum absolute atomic E-state index is 8.74. The monoisotopic (exact) mass is 282 g/mol. The largest absolute Gasteiger partial charge is 0.384 e. The van der Waals surface area contributed by atoms with Gasteiger partial charge in [0, 0.05) is 6.54 Å². The number of hydrogen-bond donors (Lipinski definition) is 1. The van der Waals surface area contributed by atoms with Gasteiger partial charge in [-0.2, -0.15) is 17.0 Å². The first-order chi connectivity index (χ1) is 8.77. The number of benzene rings is 1. The summed E-state index contributed by atoms with van der Waals surface area (Å²) < 4.78 is 0. The van der Waals surface area contributed by atoms with E-state index in [4.69, 9.17) is 16.9 Å². The van der Waals surface area contributed by atoms with Crippen LogP contribution < -0.4 is 5.32 Å². The maximum atomic E-state index is 8.74. The molecule has 0 amide bonds. The highest BCUT2D eigenvalue weighted by Crippen LogP contribution is 2.22. The van der Waals surface area contributed by atoms with Crippen LogP contribution in [0.4, 0.5) is 5.69 Å². The van der Waals surface area contributed by atoms with E-state index in [-0.39, 0.29) is 0 Å². The first-order valence-corrected chi connectivity index (χ1v) is 7.97. The lowest BCUT2D eigenvalue weighted by Crippen LogP contribution is -2.02. The van der Waals surface area contributed by atoms with E-state index in [1.54, 1.807) is 12.1 Å². The van der Waals surface area contributed by atoms with Crippen molar-refractivity contribution in [2.45, 2.75) is 25.7 Å². The third kappa shape index (κ3) is 5.66. The van der Waals surface area contributed by atoms with Crippen LogP contribution in [0.1, 0.15) is 31.2 Å². The zero-order valence-electron chi connectivity index (χ0n) is 10.7. The average molecular weight is 283 g/mol. The maximum Gasteiger partial charge on any atom is 0.0992 e. The number of hydrogen-bond acceptors (Lipinski definition) is 3. The summed E-state index contributed by atoms with van der Waals surface area (Å²) in [7, 11) is 0. The minimum absolute atomic E-state index is 0.600. The normalized spacial score (nSPS) is 10.1. The van der Waals surface area contributed by atoms with Gasteiger partial charge in [-0.05, 0) is 43.0 Å². The van der Waals surface area contributed by atoms with Crippen LogP contribution in [0.3, 0.4) is 0 Å². The van der Waals surface area contributed by atoms with E-state index in [9.17, 15) is 0 Å². The van der Waals surface area contributed by atoms with Gasteiger partial charge >= 0.3 is 0 Å². The summed E-state index contributed by atoms with van der Waals surface area (Å²) in [4.78, 5) is 0. The Morgan fingerprint density at radius 1 is 1.28 bits per heavy atom. The topological polar surface area (TPSA) is 35.8 Å². The molecule has 0 spiro atoms. The number of nitriles is 1. The number of thioether (sulfide) groups is 1. The van der Waals surface area contributed by atoms with Crippen LogP contribution in [0.25, 0.3) is 0 Å². The van der Waals surface area contributed by atoms with Crippen molar-refractivity contribution in [1.29, 1.82) is 5.26 Å². The molecule has 0 aromatic heterocycles. The van der Waals surface area contributed by atoms with E-state index in [0.29, 0.717) is 10.6 Å². The summed E-state index contributed by atoms with van der Waals surface area (Å²) in [6.07, 6.45) is 7.16. The SMILES string of the molecule is CSCCCCCCNc1ccc(C#N)cc1Cl. The third-order valence-corrected chi connectivity index (χ3v) is 3.70. The molecule has 0 aliphatic rings. The number of halogens is 1. The Balaban J connectivity index is 2.21. The fraction of sp³-hybridized carbons (Fsp3) is 0.500. The summed E-state index contributed by atoms with van der Waals surface area (Å²) in [5.74, 6) is 1.26. The Hall–Kier alpha value is -0.850. The minimum atomic E-state index is 0.600. The fourth-order valence-corrected chi connectivity index (χ4v) is 2.42. The van der Waals surface area contributed by atoms with Crippen LogP contribution in [0.5, 0.6) is 0 Å². The Morgan fingerprint density at radius 3 is 2.72 bits per heavy atom. The van der Waals surface area contributed by atoms with Gasteiger partial charge in [0.25, 0.3) is 0 Å². The molecule has 0 aliphatic heterocycles. The molecule has 0 bridgehead atoms. The second-order valence-electron chi connectivity index (χ2n) is 4.14. The van der Waals surface area contributed by atoms with Crippen molar-refractivity contribution in [1.82, 2.24) is 0 Å². The van der Waals surface area contributed by atoms with Gasteiger partial charge in [-0.3, -0.25) is 0 Å². The molecule has 1 N–H and O–H groups in total. The van der Waals surface area contributed by atoms with E-state index in [2.05, 4.69) is 17.6 Å². The zero-order valence-corrected chi connectivity index (χ0v) is 12.3. The number of nitrogens with zero attached hydrogens (tertiary/aromatic N) is 1. The Kier molecular flexibility index (Phi) is 7.71. The van der Waals surface area contributed by atoms with Crippen LogP contribution >= 0.6 is 23.4 Å².